The van der Waals surface area contributed by atoms with Crippen molar-refractivity contribution in [3.8, 4) is 28.7 Å². The Morgan fingerprint density at radius 2 is 1.88 bits per heavy atom. The zero-order chi connectivity index (χ0) is 35.2. The van der Waals surface area contributed by atoms with Crippen molar-refractivity contribution in [3.63, 3.8) is 0 Å². The highest BCUT2D eigenvalue weighted by molar-refractivity contribution is 6.74. The minimum atomic E-state index is -1.97. The van der Waals surface area contributed by atoms with Gasteiger partial charge in [-0.1, -0.05) is 57.3 Å². The van der Waals surface area contributed by atoms with Crippen LogP contribution < -0.4 is 15.4 Å². The molecule has 7 rings (SSSR count). The van der Waals surface area contributed by atoms with Gasteiger partial charge in [-0.3, -0.25) is 9.51 Å². The number of aromatic amines is 1. The Kier molecular flexibility index (Phi) is 9.87. The Morgan fingerprint density at radius 3 is 2.62 bits per heavy atom. The molecule has 0 amide bonds. The standard InChI is InChI=1S/C36H50ClN7O5Si/c1-22-10-12-23(13-11-22)21-44-31-26(40-34(44)43-14-15-46-29-9-7-8-28(29)43)19-27(32-41-35(45)49-42-32)39-30(31)25-18-24(37)20-38-33(25)47-16-17-48-50(5,6)36(2,3)4/h18-20,22-23,28-29H,7-17,21H2,1-6H3,(H,41,42,45)/t22-,23-,28-,29-/m0/s1. The molecule has 12 nitrogen and oxygen atoms in total. The molecule has 0 radical (unpaired) electrons. The van der Waals surface area contributed by atoms with Crippen LogP contribution in [0.15, 0.2) is 27.6 Å². The molecule has 2 atom stereocenters. The van der Waals surface area contributed by atoms with Crippen LogP contribution in [-0.2, 0) is 15.7 Å². The Hall–Kier alpha value is -3.26. The van der Waals surface area contributed by atoms with E-state index >= 15 is 0 Å². The third kappa shape index (κ3) is 7.11. The van der Waals surface area contributed by atoms with Gasteiger partial charge in [-0.25, -0.2) is 19.7 Å². The predicted molar refractivity (Wildman–Crippen MR) is 196 cm³/mol. The SMILES string of the molecule is CC(C)(C)[Si](C)(C)OCCOc1ncc(Cl)cc1-c1nc(-c2noc(=O)[nH]2)cc2nc(N3CCO[C@H]4CCC[C@@H]43)n(C[C@H]3CC[C@H](C)CC3)c12. The fraction of sp³-hybridized carbons (Fsp3) is 0.639. The number of halogens is 1. The maximum atomic E-state index is 12.1. The van der Waals surface area contributed by atoms with E-state index in [1.165, 1.54) is 12.8 Å². The predicted octanol–water partition coefficient (Wildman–Crippen LogP) is 7.47. The number of hydrogen-bond donors (Lipinski definition) is 1. The van der Waals surface area contributed by atoms with E-state index in [2.05, 4.69) is 65.4 Å². The largest absolute Gasteiger partial charge is 0.475 e. The summed E-state index contributed by atoms with van der Waals surface area (Å²) in [5.41, 5.74) is 3.28. The lowest BCUT2D eigenvalue weighted by Gasteiger charge is -2.39. The molecule has 0 bridgehead atoms. The second-order valence-corrected chi connectivity index (χ2v) is 21.1. The number of imidazole rings is 1. The summed E-state index contributed by atoms with van der Waals surface area (Å²) in [6.45, 7) is 16.5. The zero-order valence-corrected chi connectivity index (χ0v) is 31.9. The van der Waals surface area contributed by atoms with Crippen molar-refractivity contribution in [1.82, 2.24) is 29.7 Å². The van der Waals surface area contributed by atoms with Crippen LogP contribution in [-0.4, -0.2) is 76.5 Å². The van der Waals surface area contributed by atoms with E-state index in [-0.39, 0.29) is 23.0 Å². The highest BCUT2D eigenvalue weighted by atomic mass is 35.5. The van der Waals surface area contributed by atoms with E-state index in [0.717, 1.165) is 68.1 Å². The average Bonchev–Trinajstić information content (AvgIpc) is 3.82. The van der Waals surface area contributed by atoms with Gasteiger partial charge in [0.15, 0.2) is 8.32 Å². The van der Waals surface area contributed by atoms with Crippen molar-refractivity contribution >= 4 is 36.9 Å². The smallest absolute Gasteiger partial charge is 0.439 e. The molecule has 3 aliphatic rings. The Balaban J connectivity index is 1.36. The number of aromatic nitrogens is 6. The first-order valence-corrected chi connectivity index (χ1v) is 21.4. The number of pyridine rings is 2. The number of rotatable bonds is 10. The number of ether oxygens (including phenoxy) is 2. The lowest BCUT2D eigenvalue weighted by molar-refractivity contribution is 0.0247. The van der Waals surface area contributed by atoms with Gasteiger partial charge in [0.25, 0.3) is 0 Å². The lowest BCUT2D eigenvalue weighted by atomic mass is 9.83. The van der Waals surface area contributed by atoms with Gasteiger partial charge in [-0.05, 0) is 74.2 Å². The van der Waals surface area contributed by atoms with Crippen molar-refractivity contribution in [3.05, 3.63) is 33.9 Å². The maximum absolute atomic E-state index is 12.1. The molecule has 1 aliphatic heterocycles. The van der Waals surface area contributed by atoms with Gasteiger partial charge >= 0.3 is 5.76 Å². The van der Waals surface area contributed by atoms with Crippen molar-refractivity contribution in [2.75, 3.05) is 31.3 Å². The van der Waals surface area contributed by atoms with Gasteiger partial charge in [-0.2, -0.15) is 0 Å². The van der Waals surface area contributed by atoms with Crippen LogP contribution in [0, 0.1) is 11.8 Å². The first-order valence-electron chi connectivity index (χ1n) is 18.2. The number of anilines is 1. The number of nitrogens with one attached hydrogen (secondary N) is 1. The van der Waals surface area contributed by atoms with Gasteiger partial charge in [0.1, 0.15) is 18.0 Å². The molecule has 0 aromatic carbocycles. The highest BCUT2D eigenvalue weighted by Crippen LogP contribution is 2.42. The summed E-state index contributed by atoms with van der Waals surface area (Å²) in [4.78, 5) is 32.4. The van der Waals surface area contributed by atoms with E-state index in [1.807, 2.05) is 12.1 Å². The van der Waals surface area contributed by atoms with Crippen molar-refractivity contribution in [2.24, 2.45) is 11.8 Å². The number of hydrogen-bond acceptors (Lipinski definition) is 10. The lowest BCUT2D eigenvalue weighted by Crippen LogP contribution is -2.49. The van der Waals surface area contributed by atoms with Crippen LogP contribution in [0.1, 0.15) is 72.6 Å². The van der Waals surface area contributed by atoms with Crippen LogP contribution in [0.3, 0.4) is 0 Å². The second kappa shape index (κ2) is 14.0. The highest BCUT2D eigenvalue weighted by Gasteiger charge is 2.40. The summed E-state index contributed by atoms with van der Waals surface area (Å²) in [6.07, 6.45) is 9.82. The molecule has 270 valence electrons. The molecule has 50 heavy (non-hydrogen) atoms. The topological polar surface area (TPSA) is 133 Å². The number of morpholine rings is 1. The molecular weight excluding hydrogens is 674 g/mol. The molecule has 3 fully saturated rings. The molecule has 1 N–H and O–H groups in total. The summed E-state index contributed by atoms with van der Waals surface area (Å²) in [5.74, 6) is 2.13. The van der Waals surface area contributed by atoms with Gasteiger partial charge in [0.05, 0.1) is 47.0 Å². The monoisotopic (exact) mass is 723 g/mol. The first kappa shape index (κ1) is 35.2. The maximum Gasteiger partial charge on any atom is 0.439 e. The molecular formula is C36H50ClN7O5Si. The zero-order valence-electron chi connectivity index (χ0n) is 30.1. The van der Waals surface area contributed by atoms with Crippen LogP contribution in [0.5, 0.6) is 5.88 Å². The molecule has 0 unspecified atom stereocenters. The van der Waals surface area contributed by atoms with Gasteiger partial charge < -0.3 is 23.4 Å². The minimum Gasteiger partial charge on any atom is -0.475 e. The van der Waals surface area contributed by atoms with Crippen LogP contribution >= 0.6 is 11.6 Å². The fourth-order valence-corrected chi connectivity index (χ4v) is 8.68. The third-order valence-corrected chi connectivity index (χ3v) is 16.1. The minimum absolute atomic E-state index is 0.0836. The molecule has 1 saturated heterocycles. The molecule has 0 spiro atoms. The van der Waals surface area contributed by atoms with Crippen LogP contribution in [0.4, 0.5) is 5.95 Å². The third-order valence-electron chi connectivity index (χ3n) is 11.4. The molecule has 14 heteroatoms. The van der Waals surface area contributed by atoms with E-state index in [0.29, 0.717) is 53.6 Å². The Labute approximate surface area is 299 Å². The van der Waals surface area contributed by atoms with E-state index < -0.39 is 14.1 Å². The van der Waals surface area contributed by atoms with Crippen LogP contribution in [0.2, 0.25) is 23.2 Å². The van der Waals surface area contributed by atoms with Crippen molar-refractivity contribution in [1.29, 1.82) is 0 Å². The molecule has 2 aliphatic carbocycles. The summed E-state index contributed by atoms with van der Waals surface area (Å²) in [7, 11) is -1.97. The van der Waals surface area contributed by atoms with Crippen molar-refractivity contribution < 1.29 is 18.4 Å². The quantitative estimate of drug-likeness (QED) is 0.130. The number of fused-ring (bicyclic) bond motifs is 2. The van der Waals surface area contributed by atoms with E-state index in [9.17, 15) is 4.79 Å². The first-order chi connectivity index (χ1) is 23.9. The number of H-pyrrole nitrogens is 1. The Morgan fingerprint density at radius 1 is 1.08 bits per heavy atom. The summed E-state index contributed by atoms with van der Waals surface area (Å²) >= 11 is 6.66. The van der Waals surface area contributed by atoms with Gasteiger partial charge in [-0.15, -0.1) is 0 Å². The molecule has 4 aromatic heterocycles. The number of nitrogens with zero attached hydrogens (tertiary/aromatic N) is 6. The summed E-state index contributed by atoms with van der Waals surface area (Å²) in [6, 6.07) is 3.99. The van der Waals surface area contributed by atoms with Gasteiger partial charge in [0.2, 0.25) is 17.7 Å². The second-order valence-electron chi connectivity index (χ2n) is 15.9. The average molecular weight is 724 g/mol. The fourth-order valence-electron chi connectivity index (χ4n) is 7.49. The normalized spacial score (nSPS) is 23.1. The van der Waals surface area contributed by atoms with Gasteiger partial charge in [0, 0.05) is 19.3 Å². The Bertz CT molecular complexity index is 1880. The molecule has 2 saturated carbocycles. The van der Waals surface area contributed by atoms with Crippen molar-refractivity contribution in [2.45, 2.75) is 109 Å². The summed E-state index contributed by atoms with van der Waals surface area (Å²) in [5, 5.41) is 4.52. The van der Waals surface area contributed by atoms with E-state index in [4.69, 9.17) is 40.0 Å². The molecule has 4 aromatic rings. The van der Waals surface area contributed by atoms with Crippen LogP contribution in [0.25, 0.3) is 33.8 Å². The molecule has 5 heterocycles. The van der Waals surface area contributed by atoms with E-state index in [1.54, 1.807) is 6.20 Å². The summed E-state index contributed by atoms with van der Waals surface area (Å²) < 4.78 is 26.3.